The van der Waals surface area contributed by atoms with Crippen molar-refractivity contribution in [3.63, 3.8) is 0 Å². The molecule has 0 aliphatic rings. The zero-order chi connectivity index (χ0) is 13.6. The Hall–Kier alpha value is -1.31. The van der Waals surface area contributed by atoms with Crippen LogP contribution in [0.15, 0.2) is 30.3 Å². The first kappa shape index (κ1) is 14.7. The average molecular weight is 265 g/mol. The lowest BCUT2D eigenvalue weighted by atomic mass is 10.0. The lowest BCUT2D eigenvalue weighted by Crippen LogP contribution is -2.35. The van der Waals surface area contributed by atoms with Crippen LogP contribution in [0.1, 0.15) is 31.7 Å². The highest BCUT2D eigenvalue weighted by Gasteiger charge is 2.18. The van der Waals surface area contributed by atoms with Gasteiger partial charge in [0, 0.05) is 12.5 Å². The molecule has 0 bridgehead atoms. The van der Waals surface area contributed by atoms with Gasteiger partial charge in [-0.2, -0.15) is 0 Å². The molecule has 0 aromatic heterocycles. The molecule has 1 aromatic carbocycles. The number of benzene rings is 1. The van der Waals surface area contributed by atoms with Crippen molar-refractivity contribution in [2.24, 2.45) is 0 Å². The van der Waals surface area contributed by atoms with Gasteiger partial charge in [0.05, 0.1) is 5.75 Å². The van der Waals surface area contributed by atoms with Gasteiger partial charge >= 0.3 is 0 Å². The van der Waals surface area contributed by atoms with Crippen molar-refractivity contribution < 1.29 is 8.42 Å². The number of hydrogen-bond donors (Lipinski definition) is 1. The highest BCUT2D eigenvalue weighted by atomic mass is 32.2. The Kier molecular flexibility index (Phi) is 5.39. The van der Waals surface area contributed by atoms with Gasteiger partial charge in [-0.15, -0.1) is 12.3 Å². The van der Waals surface area contributed by atoms with Crippen molar-refractivity contribution in [3.05, 3.63) is 35.9 Å². The molecular formula is C14H19NO2S. The summed E-state index contributed by atoms with van der Waals surface area (Å²) in [6.07, 6.45) is 5.56. The third-order valence-corrected chi connectivity index (χ3v) is 4.34. The summed E-state index contributed by atoms with van der Waals surface area (Å²) in [4.78, 5) is 0. The molecule has 2 unspecified atom stereocenters. The highest BCUT2D eigenvalue weighted by Crippen LogP contribution is 2.16. The monoisotopic (exact) mass is 265 g/mol. The Morgan fingerprint density at radius 3 is 2.44 bits per heavy atom. The molecule has 2 atom stereocenters. The largest absolute Gasteiger partial charge is 0.212 e. The summed E-state index contributed by atoms with van der Waals surface area (Å²) in [5, 5.41) is 0. The molecule has 98 valence electrons. The maximum atomic E-state index is 11.9. The van der Waals surface area contributed by atoms with E-state index in [-0.39, 0.29) is 17.7 Å². The van der Waals surface area contributed by atoms with Crippen molar-refractivity contribution in [2.45, 2.75) is 32.2 Å². The molecule has 3 nitrogen and oxygen atoms in total. The molecule has 0 heterocycles. The van der Waals surface area contributed by atoms with E-state index in [2.05, 4.69) is 10.6 Å². The van der Waals surface area contributed by atoms with Gasteiger partial charge in [0.15, 0.2) is 0 Å². The minimum atomic E-state index is -3.30. The van der Waals surface area contributed by atoms with Crippen molar-refractivity contribution in [2.75, 3.05) is 5.75 Å². The third-order valence-electron chi connectivity index (χ3n) is 2.64. The van der Waals surface area contributed by atoms with Gasteiger partial charge in [-0.1, -0.05) is 37.3 Å². The lowest BCUT2D eigenvalue weighted by Gasteiger charge is -2.15. The zero-order valence-corrected chi connectivity index (χ0v) is 11.6. The van der Waals surface area contributed by atoms with Crippen LogP contribution in [0.2, 0.25) is 0 Å². The van der Waals surface area contributed by atoms with E-state index in [4.69, 9.17) is 6.42 Å². The fourth-order valence-electron chi connectivity index (χ4n) is 1.78. The Morgan fingerprint density at radius 2 is 1.89 bits per heavy atom. The molecule has 0 fully saturated rings. The van der Waals surface area contributed by atoms with Crippen molar-refractivity contribution in [1.29, 1.82) is 0 Å². The second-order valence-electron chi connectivity index (χ2n) is 4.52. The molecule has 0 aliphatic heterocycles. The maximum absolute atomic E-state index is 11.9. The van der Waals surface area contributed by atoms with Gasteiger partial charge < -0.3 is 0 Å². The molecule has 1 rings (SSSR count). The number of nitrogens with one attached hydrogen (secondary N) is 1. The minimum Gasteiger partial charge on any atom is -0.212 e. The van der Waals surface area contributed by atoms with Crippen LogP contribution in [0.25, 0.3) is 0 Å². The first-order valence-electron chi connectivity index (χ1n) is 5.93. The Morgan fingerprint density at radius 1 is 1.28 bits per heavy atom. The summed E-state index contributed by atoms with van der Waals surface area (Å²) in [6, 6.07) is 9.39. The normalized spacial score (nSPS) is 14.7. The van der Waals surface area contributed by atoms with E-state index in [9.17, 15) is 8.42 Å². The number of rotatable bonds is 6. The standard InChI is InChI=1S/C14H19NO2S/c1-4-8-13(3)15-18(16,17)11-12(2)14-9-6-5-7-10-14/h1,5-7,9-10,12-13,15H,8,11H2,2-3H3. The topological polar surface area (TPSA) is 46.2 Å². The highest BCUT2D eigenvalue weighted by molar-refractivity contribution is 7.89. The van der Waals surface area contributed by atoms with Crippen LogP contribution in [0, 0.1) is 12.3 Å². The molecule has 0 radical (unpaired) electrons. The fraction of sp³-hybridized carbons (Fsp3) is 0.429. The average Bonchev–Trinajstić information content (AvgIpc) is 2.29. The van der Waals surface area contributed by atoms with Crippen molar-refractivity contribution in [1.82, 2.24) is 4.72 Å². The van der Waals surface area contributed by atoms with E-state index in [1.165, 1.54) is 0 Å². The second-order valence-corrected chi connectivity index (χ2v) is 6.32. The van der Waals surface area contributed by atoms with Gasteiger partial charge in [0.1, 0.15) is 0 Å². The Labute approximate surface area is 110 Å². The van der Waals surface area contributed by atoms with Crippen LogP contribution >= 0.6 is 0 Å². The molecule has 4 heteroatoms. The van der Waals surface area contributed by atoms with Gasteiger partial charge in [-0.05, 0) is 18.4 Å². The van der Waals surface area contributed by atoms with Crippen molar-refractivity contribution >= 4 is 10.0 Å². The van der Waals surface area contributed by atoms with E-state index in [1.807, 2.05) is 37.3 Å². The molecule has 1 N–H and O–H groups in total. The van der Waals surface area contributed by atoms with Crippen LogP contribution < -0.4 is 4.72 Å². The first-order valence-corrected chi connectivity index (χ1v) is 7.58. The predicted octanol–water partition coefficient (Wildman–Crippen LogP) is 2.12. The SMILES string of the molecule is C#CCC(C)NS(=O)(=O)CC(C)c1ccccc1. The van der Waals surface area contributed by atoms with Crippen LogP contribution in [0.3, 0.4) is 0 Å². The van der Waals surface area contributed by atoms with Crippen LogP contribution in [0.5, 0.6) is 0 Å². The Balaban J connectivity index is 2.64. The van der Waals surface area contributed by atoms with Crippen LogP contribution in [0.4, 0.5) is 0 Å². The smallest absolute Gasteiger partial charge is 0.212 e. The summed E-state index contributed by atoms with van der Waals surface area (Å²) < 4.78 is 26.4. The molecule has 0 amide bonds. The van der Waals surface area contributed by atoms with E-state index < -0.39 is 10.0 Å². The van der Waals surface area contributed by atoms with Gasteiger partial charge in [0.2, 0.25) is 10.0 Å². The summed E-state index contributed by atoms with van der Waals surface area (Å²) in [5.74, 6) is 2.48. The van der Waals surface area contributed by atoms with E-state index in [1.54, 1.807) is 6.92 Å². The number of sulfonamides is 1. The summed E-state index contributed by atoms with van der Waals surface area (Å²) in [6.45, 7) is 3.67. The van der Waals surface area contributed by atoms with Crippen LogP contribution in [-0.2, 0) is 10.0 Å². The third kappa shape index (κ3) is 4.91. The second kappa shape index (κ2) is 6.58. The maximum Gasteiger partial charge on any atom is 0.212 e. The van der Waals surface area contributed by atoms with Gasteiger partial charge in [0.25, 0.3) is 0 Å². The molecule has 0 spiro atoms. The fourth-order valence-corrected chi connectivity index (χ4v) is 3.42. The van der Waals surface area contributed by atoms with E-state index in [0.717, 1.165) is 5.56 Å². The molecule has 0 saturated heterocycles. The van der Waals surface area contributed by atoms with E-state index >= 15 is 0 Å². The van der Waals surface area contributed by atoms with E-state index in [0.29, 0.717) is 6.42 Å². The Bertz CT molecular complexity index is 502. The molecule has 0 saturated carbocycles. The quantitative estimate of drug-likeness (QED) is 0.801. The molecule has 1 aromatic rings. The van der Waals surface area contributed by atoms with Gasteiger partial charge in [-0.3, -0.25) is 0 Å². The predicted molar refractivity (Wildman–Crippen MR) is 74.7 cm³/mol. The lowest BCUT2D eigenvalue weighted by molar-refractivity contribution is 0.558. The summed E-state index contributed by atoms with van der Waals surface area (Å²) in [5.41, 5.74) is 1.02. The molecule has 18 heavy (non-hydrogen) atoms. The number of terminal acetylenes is 1. The van der Waals surface area contributed by atoms with Gasteiger partial charge in [-0.25, -0.2) is 13.1 Å². The number of hydrogen-bond acceptors (Lipinski definition) is 2. The first-order chi connectivity index (χ1) is 8.44. The van der Waals surface area contributed by atoms with Crippen molar-refractivity contribution in [3.8, 4) is 12.3 Å². The minimum absolute atomic E-state index is 0.0401. The summed E-state index contributed by atoms with van der Waals surface area (Å²) in [7, 11) is -3.30. The zero-order valence-electron chi connectivity index (χ0n) is 10.8. The molecule has 0 aliphatic carbocycles. The summed E-state index contributed by atoms with van der Waals surface area (Å²) >= 11 is 0. The van der Waals surface area contributed by atoms with Crippen LogP contribution in [-0.4, -0.2) is 20.2 Å². The molecular weight excluding hydrogens is 246 g/mol.